The summed E-state index contributed by atoms with van der Waals surface area (Å²) in [7, 11) is -4.24. The molecule has 16 heavy (non-hydrogen) atoms. The molecule has 0 unspecified atom stereocenters. The number of pyridine rings is 1. The number of sulfonamides is 1. The van der Waals surface area contributed by atoms with Crippen molar-refractivity contribution in [1.29, 1.82) is 5.26 Å². The van der Waals surface area contributed by atoms with Gasteiger partial charge in [-0.05, 0) is 6.92 Å². The van der Waals surface area contributed by atoms with E-state index in [-0.39, 0.29) is 5.69 Å². The lowest BCUT2D eigenvalue weighted by molar-refractivity contribution is 0.149. The molecule has 0 radical (unpaired) electrons. The Kier molecular flexibility index (Phi) is 3.21. The molecule has 0 aliphatic rings. The lowest BCUT2D eigenvalue weighted by atomic mass is 10.1. The van der Waals surface area contributed by atoms with Crippen LogP contribution in [0, 0.1) is 18.3 Å². The van der Waals surface area contributed by atoms with E-state index in [1.807, 2.05) is 0 Å². The fourth-order valence-electron chi connectivity index (χ4n) is 1.20. The van der Waals surface area contributed by atoms with Crippen molar-refractivity contribution in [2.75, 3.05) is 0 Å². The number of alkyl halides is 2. The number of primary sulfonamides is 1. The molecule has 0 saturated carbocycles. The fourth-order valence-corrected chi connectivity index (χ4v) is 1.84. The second-order valence-electron chi connectivity index (χ2n) is 2.95. The first-order valence-electron chi connectivity index (χ1n) is 3.99. The Hall–Kier alpha value is -1.59. The topological polar surface area (TPSA) is 96.8 Å². The molecular weight excluding hydrogens is 240 g/mol. The third-order valence-electron chi connectivity index (χ3n) is 1.92. The summed E-state index contributed by atoms with van der Waals surface area (Å²) in [6.07, 6.45) is -2.18. The van der Waals surface area contributed by atoms with Crippen LogP contribution in [0.15, 0.2) is 11.1 Å². The van der Waals surface area contributed by atoms with E-state index < -0.39 is 32.5 Å². The maximum absolute atomic E-state index is 12.6. The molecule has 0 fully saturated rings. The third-order valence-corrected chi connectivity index (χ3v) is 2.84. The fraction of sp³-hybridized carbons (Fsp3) is 0.250. The van der Waals surface area contributed by atoms with Gasteiger partial charge in [0, 0.05) is 11.9 Å². The highest BCUT2D eigenvalue weighted by atomic mass is 32.2. The van der Waals surface area contributed by atoms with E-state index in [1.165, 1.54) is 13.0 Å². The van der Waals surface area contributed by atoms with Crippen LogP contribution < -0.4 is 5.14 Å². The zero-order valence-corrected chi connectivity index (χ0v) is 8.92. The summed E-state index contributed by atoms with van der Waals surface area (Å²) >= 11 is 0. The molecule has 0 atom stereocenters. The maximum atomic E-state index is 12.6. The van der Waals surface area contributed by atoms with Gasteiger partial charge in [-0.1, -0.05) is 0 Å². The predicted molar refractivity (Wildman–Crippen MR) is 50.0 cm³/mol. The van der Waals surface area contributed by atoms with Crippen molar-refractivity contribution < 1.29 is 17.2 Å². The SMILES string of the molecule is Cc1ncc(S(N)(=O)=O)c(C#N)c1C(F)F. The molecule has 1 heterocycles. The second-order valence-corrected chi connectivity index (χ2v) is 4.48. The average molecular weight is 247 g/mol. The van der Waals surface area contributed by atoms with Crippen molar-refractivity contribution in [2.45, 2.75) is 18.2 Å². The Balaban J connectivity index is 3.72. The quantitative estimate of drug-likeness (QED) is 0.837. The van der Waals surface area contributed by atoms with Crippen LogP contribution in [0.3, 0.4) is 0 Å². The van der Waals surface area contributed by atoms with Gasteiger partial charge in [-0.3, -0.25) is 4.98 Å². The van der Waals surface area contributed by atoms with Crippen LogP contribution in [-0.4, -0.2) is 13.4 Å². The standard InChI is InChI=1S/C8H7F2N3O2S/c1-4-7(8(9)10)5(2-11)6(3-13-4)16(12,14)15/h3,8H,1H3,(H2,12,14,15). The summed E-state index contributed by atoms with van der Waals surface area (Å²) in [5.74, 6) is 0. The minimum absolute atomic E-state index is 0.0982. The van der Waals surface area contributed by atoms with Gasteiger partial charge in [0.15, 0.2) is 0 Å². The molecule has 0 spiro atoms. The van der Waals surface area contributed by atoms with Gasteiger partial charge in [0.05, 0.1) is 11.1 Å². The lowest BCUT2D eigenvalue weighted by Gasteiger charge is -2.09. The van der Waals surface area contributed by atoms with Gasteiger partial charge in [0.1, 0.15) is 11.0 Å². The Labute approximate surface area is 90.6 Å². The molecule has 8 heteroatoms. The van der Waals surface area contributed by atoms with Crippen LogP contribution in [0.1, 0.15) is 23.2 Å². The van der Waals surface area contributed by atoms with Crippen molar-refractivity contribution >= 4 is 10.0 Å². The van der Waals surface area contributed by atoms with Crippen LogP contribution in [0.5, 0.6) is 0 Å². The summed E-state index contributed by atoms with van der Waals surface area (Å²) in [5.41, 5.74) is -1.45. The average Bonchev–Trinajstić information content (AvgIpc) is 2.14. The van der Waals surface area contributed by atoms with E-state index in [0.29, 0.717) is 0 Å². The number of nitrogens with two attached hydrogens (primary N) is 1. The molecule has 0 saturated heterocycles. The number of halogens is 2. The zero-order chi connectivity index (χ0) is 12.5. The van der Waals surface area contributed by atoms with E-state index in [9.17, 15) is 17.2 Å². The van der Waals surface area contributed by atoms with Gasteiger partial charge in [-0.15, -0.1) is 0 Å². The molecule has 0 bridgehead atoms. The monoisotopic (exact) mass is 247 g/mol. The summed E-state index contributed by atoms with van der Waals surface area (Å²) in [6, 6.07) is 1.41. The molecule has 86 valence electrons. The Morgan fingerprint density at radius 2 is 2.12 bits per heavy atom. The highest BCUT2D eigenvalue weighted by molar-refractivity contribution is 7.89. The van der Waals surface area contributed by atoms with Gasteiger partial charge in [0.25, 0.3) is 6.43 Å². The second kappa shape index (κ2) is 4.11. The van der Waals surface area contributed by atoms with Crippen LogP contribution >= 0.6 is 0 Å². The van der Waals surface area contributed by atoms with Gasteiger partial charge < -0.3 is 0 Å². The molecule has 0 aromatic carbocycles. The summed E-state index contributed by atoms with van der Waals surface area (Å²) in [4.78, 5) is 2.80. The predicted octanol–water partition coefficient (Wildman–Crippen LogP) is 0.847. The van der Waals surface area contributed by atoms with Crippen LogP contribution in [-0.2, 0) is 10.0 Å². The van der Waals surface area contributed by atoms with Gasteiger partial charge in [-0.25, -0.2) is 22.3 Å². The highest BCUT2D eigenvalue weighted by Crippen LogP contribution is 2.28. The first-order chi connectivity index (χ1) is 7.29. The molecule has 0 amide bonds. The molecule has 1 aromatic rings. The van der Waals surface area contributed by atoms with Gasteiger partial charge in [-0.2, -0.15) is 5.26 Å². The van der Waals surface area contributed by atoms with Crippen molar-refractivity contribution in [3.05, 3.63) is 23.0 Å². The van der Waals surface area contributed by atoms with Crippen molar-refractivity contribution in [3.8, 4) is 6.07 Å². The molecule has 0 aliphatic carbocycles. The van der Waals surface area contributed by atoms with E-state index in [2.05, 4.69) is 4.98 Å². The number of aryl methyl sites for hydroxylation is 1. The Morgan fingerprint density at radius 3 is 2.50 bits per heavy atom. The normalized spacial score (nSPS) is 11.5. The number of nitriles is 1. The highest BCUT2D eigenvalue weighted by Gasteiger charge is 2.24. The van der Waals surface area contributed by atoms with Gasteiger partial charge in [0.2, 0.25) is 10.0 Å². The minimum atomic E-state index is -4.24. The van der Waals surface area contributed by atoms with E-state index >= 15 is 0 Å². The molecule has 0 aliphatic heterocycles. The van der Waals surface area contributed by atoms with Crippen molar-refractivity contribution in [2.24, 2.45) is 5.14 Å². The summed E-state index contributed by atoms with van der Waals surface area (Å²) in [6.45, 7) is 1.26. The number of hydrogen-bond donors (Lipinski definition) is 1. The van der Waals surface area contributed by atoms with Crippen molar-refractivity contribution in [3.63, 3.8) is 0 Å². The summed E-state index contributed by atoms with van der Waals surface area (Å²) in [5, 5.41) is 13.5. The molecule has 1 aromatic heterocycles. The zero-order valence-electron chi connectivity index (χ0n) is 8.11. The Morgan fingerprint density at radius 1 is 1.56 bits per heavy atom. The molecular formula is C8H7F2N3O2S. The first kappa shape index (κ1) is 12.5. The number of rotatable bonds is 2. The Bertz CT molecular complexity index is 563. The molecule has 2 N–H and O–H groups in total. The third kappa shape index (κ3) is 2.15. The number of aromatic nitrogens is 1. The minimum Gasteiger partial charge on any atom is -0.260 e. The van der Waals surface area contributed by atoms with Crippen LogP contribution in [0.25, 0.3) is 0 Å². The number of hydrogen-bond acceptors (Lipinski definition) is 4. The summed E-state index contributed by atoms with van der Waals surface area (Å²) < 4.78 is 47.3. The first-order valence-corrected chi connectivity index (χ1v) is 5.54. The molecule has 5 nitrogen and oxygen atoms in total. The van der Waals surface area contributed by atoms with Crippen LogP contribution in [0.4, 0.5) is 8.78 Å². The van der Waals surface area contributed by atoms with E-state index in [0.717, 1.165) is 6.20 Å². The lowest BCUT2D eigenvalue weighted by Crippen LogP contribution is -2.16. The van der Waals surface area contributed by atoms with E-state index in [4.69, 9.17) is 10.4 Å². The smallest absolute Gasteiger partial charge is 0.260 e. The van der Waals surface area contributed by atoms with Crippen molar-refractivity contribution in [1.82, 2.24) is 4.98 Å². The van der Waals surface area contributed by atoms with Crippen LogP contribution in [0.2, 0.25) is 0 Å². The number of nitrogens with zero attached hydrogens (tertiary/aromatic N) is 2. The molecule has 1 rings (SSSR count). The van der Waals surface area contributed by atoms with Gasteiger partial charge >= 0.3 is 0 Å². The maximum Gasteiger partial charge on any atom is 0.266 e. The van der Waals surface area contributed by atoms with E-state index in [1.54, 1.807) is 0 Å². The largest absolute Gasteiger partial charge is 0.266 e.